The van der Waals surface area contributed by atoms with E-state index in [1.165, 1.54) is 12.5 Å². The Balaban J connectivity index is 1.85. The van der Waals surface area contributed by atoms with Crippen molar-refractivity contribution in [1.29, 1.82) is 0 Å². The lowest BCUT2D eigenvalue weighted by atomic mass is 9.75. The van der Waals surface area contributed by atoms with Gasteiger partial charge in [0.05, 0.1) is 11.6 Å². The molecule has 102 valence electrons. The van der Waals surface area contributed by atoms with Gasteiger partial charge in [0.2, 0.25) is 0 Å². The number of hydrogen-bond acceptors (Lipinski definition) is 3. The van der Waals surface area contributed by atoms with E-state index in [1.807, 2.05) is 12.1 Å². The SMILES string of the molecule is COC1(CC(N)c2cc3cccc(F)c3o2)CCC1. The maximum absolute atomic E-state index is 13.6. The highest BCUT2D eigenvalue weighted by molar-refractivity contribution is 5.78. The summed E-state index contributed by atoms with van der Waals surface area (Å²) in [7, 11) is 1.73. The molecule has 1 saturated carbocycles. The van der Waals surface area contributed by atoms with Gasteiger partial charge in [-0.3, -0.25) is 0 Å². The molecule has 2 aromatic rings. The molecule has 0 bridgehead atoms. The van der Waals surface area contributed by atoms with Crippen LogP contribution in [0.15, 0.2) is 28.7 Å². The summed E-state index contributed by atoms with van der Waals surface area (Å²) < 4.78 is 24.7. The van der Waals surface area contributed by atoms with Crippen LogP contribution >= 0.6 is 0 Å². The normalized spacial score (nSPS) is 19.3. The highest BCUT2D eigenvalue weighted by Gasteiger charge is 2.39. The molecule has 3 rings (SSSR count). The van der Waals surface area contributed by atoms with Gasteiger partial charge in [-0.1, -0.05) is 12.1 Å². The van der Waals surface area contributed by atoms with Crippen molar-refractivity contribution in [2.24, 2.45) is 5.73 Å². The number of nitrogens with two attached hydrogens (primary N) is 1. The van der Waals surface area contributed by atoms with Gasteiger partial charge in [-0.25, -0.2) is 4.39 Å². The fourth-order valence-electron chi connectivity index (χ4n) is 2.79. The van der Waals surface area contributed by atoms with Crippen LogP contribution in [0.4, 0.5) is 4.39 Å². The van der Waals surface area contributed by atoms with Crippen LogP contribution in [0.25, 0.3) is 11.0 Å². The van der Waals surface area contributed by atoms with E-state index in [2.05, 4.69) is 0 Å². The number of fused-ring (bicyclic) bond motifs is 1. The minimum Gasteiger partial charge on any atom is -0.456 e. The molecule has 1 aliphatic rings. The number of furan rings is 1. The first-order valence-electron chi connectivity index (χ1n) is 6.62. The van der Waals surface area contributed by atoms with Gasteiger partial charge < -0.3 is 14.9 Å². The van der Waals surface area contributed by atoms with Crippen molar-refractivity contribution in [3.05, 3.63) is 35.8 Å². The number of benzene rings is 1. The molecule has 0 radical (unpaired) electrons. The minimum atomic E-state index is -0.346. The average molecular weight is 263 g/mol. The van der Waals surface area contributed by atoms with Crippen LogP contribution in [-0.2, 0) is 4.74 Å². The number of rotatable bonds is 4. The molecule has 4 heteroatoms. The molecular formula is C15H18FNO2. The van der Waals surface area contributed by atoms with E-state index in [9.17, 15) is 4.39 Å². The number of halogens is 1. The number of para-hydroxylation sites is 1. The molecule has 0 aliphatic heterocycles. The third-order valence-corrected chi connectivity index (χ3v) is 4.17. The van der Waals surface area contributed by atoms with Crippen molar-refractivity contribution in [2.45, 2.75) is 37.3 Å². The zero-order valence-corrected chi connectivity index (χ0v) is 11.0. The van der Waals surface area contributed by atoms with E-state index >= 15 is 0 Å². The summed E-state index contributed by atoms with van der Waals surface area (Å²) in [6.45, 7) is 0. The molecule has 1 aromatic heterocycles. The molecule has 0 amide bonds. The summed E-state index contributed by atoms with van der Waals surface area (Å²) in [5.74, 6) is 0.282. The monoisotopic (exact) mass is 263 g/mol. The lowest BCUT2D eigenvalue weighted by Crippen LogP contribution is -2.41. The van der Waals surface area contributed by atoms with Gasteiger partial charge in [-0.05, 0) is 37.8 Å². The van der Waals surface area contributed by atoms with Crippen LogP contribution in [0.2, 0.25) is 0 Å². The van der Waals surface area contributed by atoms with Gasteiger partial charge in [0, 0.05) is 12.5 Å². The number of ether oxygens (including phenoxy) is 1. The van der Waals surface area contributed by atoms with Crippen molar-refractivity contribution in [3.8, 4) is 0 Å². The molecule has 3 nitrogen and oxygen atoms in total. The first-order chi connectivity index (χ1) is 9.13. The third-order valence-electron chi connectivity index (χ3n) is 4.17. The van der Waals surface area contributed by atoms with Crippen LogP contribution in [0.3, 0.4) is 0 Å². The van der Waals surface area contributed by atoms with Gasteiger partial charge in [0.15, 0.2) is 11.4 Å². The van der Waals surface area contributed by atoms with E-state index in [4.69, 9.17) is 14.9 Å². The lowest BCUT2D eigenvalue weighted by molar-refractivity contribution is -0.0825. The smallest absolute Gasteiger partial charge is 0.169 e. The summed E-state index contributed by atoms with van der Waals surface area (Å²) in [6.07, 6.45) is 3.96. The second-order valence-electron chi connectivity index (χ2n) is 5.36. The highest BCUT2D eigenvalue weighted by atomic mass is 19.1. The van der Waals surface area contributed by atoms with Gasteiger partial charge in [-0.2, -0.15) is 0 Å². The predicted octanol–water partition coefficient (Wildman–Crippen LogP) is 3.53. The summed E-state index contributed by atoms with van der Waals surface area (Å²) in [6, 6.07) is 6.46. The van der Waals surface area contributed by atoms with Gasteiger partial charge in [-0.15, -0.1) is 0 Å². The number of hydrogen-bond donors (Lipinski definition) is 1. The van der Waals surface area contributed by atoms with E-state index in [1.54, 1.807) is 13.2 Å². The lowest BCUT2D eigenvalue weighted by Gasteiger charge is -2.41. The molecule has 0 spiro atoms. The van der Waals surface area contributed by atoms with Crippen molar-refractivity contribution >= 4 is 11.0 Å². The van der Waals surface area contributed by atoms with Gasteiger partial charge in [0.1, 0.15) is 5.76 Å². The zero-order valence-electron chi connectivity index (χ0n) is 11.0. The number of methoxy groups -OCH3 is 1. The molecular weight excluding hydrogens is 245 g/mol. The van der Waals surface area contributed by atoms with E-state index in [0.29, 0.717) is 12.2 Å². The first kappa shape index (κ1) is 12.6. The molecule has 1 atom stereocenters. The molecule has 1 unspecified atom stereocenters. The predicted molar refractivity (Wildman–Crippen MR) is 71.3 cm³/mol. The first-order valence-corrected chi connectivity index (χ1v) is 6.62. The minimum absolute atomic E-state index is 0.114. The Morgan fingerprint density at radius 2 is 2.26 bits per heavy atom. The molecule has 19 heavy (non-hydrogen) atoms. The molecule has 0 saturated heterocycles. The molecule has 1 fully saturated rings. The van der Waals surface area contributed by atoms with E-state index in [0.717, 1.165) is 18.2 Å². The van der Waals surface area contributed by atoms with Crippen LogP contribution < -0.4 is 5.73 Å². The zero-order chi connectivity index (χ0) is 13.5. The van der Waals surface area contributed by atoms with Crippen molar-refractivity contribution < 1.29 is 13.5 Å². The standard InChI is InChI=1S/C15H18FNO2/c1-18-15(6-3-7-15)9-12(17)13-8-10-4-2-5-11(16)14(10)19-13/h2,4-5,8,12H,3,6-7,9,17H2,1H3. The average Bonchev–Trinajstić information content (AvgIpc) is 2.79. The summed E-state index contributed by atoms with van der Waals surface area (Å²) in [5.41, 5.74) is 6.35. The Bertz CT molecular complexity index is 583. The highest BCUT2D eigenvalue weighted by Crippen LogP contribution is 2.41. The molecule has 1 heterocycles. The fourth-order valence-corrected chi connectivity index (χ4v) is 2.79. The molecule has 2 N–H and O–H groups in total. The quantitative estimate of drug-likeness (QED) is 0.918. The van der Waals surface area contributed by atoms with Crippen LogP contribution in [0.1, 0.15) is 37.5 Å². The topological polar surface area (TPSA) is 48.4 Å². The van der Waals surface area contributed by atoms with Gasteiger partial charge in [0.25, 0.3) is 0 Å². The Morgan fingerprint density at radius 3 is 2.84 bits per heavy atom. The Kier molecular flexibility index (Phi) is 3.07. The maximum atomic E-state index is 13.6. The molecule has 1 aromatic carbocycles. The Hall–Kier alpha value is -1.39. The Labute approximate surface area is 111 Å². The fraction of sp³-hybridized carbons (Fsp3) is 0.467. The van der Waals surface area contributed by atoms with Gasteiger partial charge >= 0.3 is 0 Å². The van der Waals surface area contributed by atoms with Crippen LogP contribution in [0, 0.1) is 5.82 Å². The van der Waals surface area contributed by atoms with Crippen molar-refractivity contribution in [1.82, 2.24) is 0 Å². The second kappa shape index (κ2) is 4.62. The molecule has 1 aliphatic carbocycles. The summed E-state index contributed by atoms with van der Waals surface area (Å²) >= 11 is 0. The van der Waals surface area contributed by atoms with Crippen molar-refractivity contribution in [2.75, 3.05) is 7.11 Å². The van der Waals surface area contributed by atoms with E-state index < -0.39 is 0 Å². The van der Waals surface area contributed by atoms with Crippen LogP contribution in [0.5, 0.6) is 0 Å². The second-order valence-corrected chi connectivity index (χ2v) is 5.36. The third kappa shape index (κ3) is 2.15. The maximum Gasteiger partial charge on any atom is 0.169 e. The largest absolute Gasteiger partial charge is 0.456 e. The van der Waals surface area contributed by atoms with Crippen molar-refractivity contribution in [3.63, 3.8) is 0 Å². The van der Waals surface area contributed by atoms with E-state index in [-0.39, 0.29) is 23.0 Å². The Morgan fingerprint density at radius 1 is 1.47 bits per heavy atom. The summed E-state index contributed by atoms with van der Waals surface area (Å²) in [5, 5.41) is 0.755. The summed E-state index contributed by atoms with van der Waals surface area (Å²) in [4.78, 5) is 0. The van der Waals surface area contributed by atoms with Crippen LogP contribution in [-0.4, -0.2) is 12.7 Å².